The van der Waals surface area contributed by atoms with E-state index < -0.39 is 0 Å². The number of nitrogens with two attached hydrogens (primary N) is 1. The van der Waals surface area contributed by atoms with Crippen molar-refractivity contribution in [3.8, 4) is 0 Å². The summed E-state index contributed by atoms with van der Waals surface area (Å²) in [5.74, 6) is 0.861. The topological polar surface area (TPSA) is 110 Å². The molecule has 32 heavy (non-hydrogen) atoms. The summed E-state index contributed by atoms with van der Waals surface area (Å²) in [6.45, 7) is 4.38. The number of halogens is 1. The van der Waals surface area contributed by atoms with Gasteiger partial charge in [-0.05, 0) is 38.0 Å². The van der Waals surface area contributed by atoms with Gasteiger partial charge in [-0.25, -0.2) is 15.0 Å². The van der Waals surface area contributed by atoms with Crippen LogP contribution in [0, 0.1) is 5.41 Å². The lowest BCUT2D eigenvalue weighted by Crippen LogP contribution is -2.50. The monoisotopic (exact) mass is 472 g/mol. The van der Waals surface area contributed by atoms with Crippen molar-refractivity contribution >= 4 is 40.3 Å². The zero-order valence-electron chi connectivity index (χ0n) is 17.7. The average molecular weight is 473 g/mol. The van der Waals surface area contributed by atoms with Gasteiger partial charge in [-0.3, -0.25) is 4.98 Å². The normalized spacial score (nSPS) is 22.7. The molecule has 2 saturated heterocycles. The number of aliphatic hydroxyl groups excluding tert-OH is 1. The van der Waals surface area contributed by atoms with E-state index in [0.717, 1.165) is 53.8 Å². The number of aliphatic hydroxyl groups is 1. The standard InChI is InChI=1S/C22H25ClN6O2S/c1-13-20(24)22(12-31-13)5-8-29(9-6-22)17-10-26-21-14(27-17)2-3-18(28-21)32-16-4-7-25-15(11-30)19(16)23/h2-4,7,10,13,20,30H,5-6,8-9,11-12,24H2,1H3/t13-,20+/m0/s1. The number of pyridine rings is 2. The molecular formula is C22H25ClN6O2S. The summed E-state index contributed by atoms with van der Waals surface area (Å²) in [7, 11) is 0. The van der Waals surface area contributed by atoms with Crippen LogP contribution >= 0.6 is 23.4 Å². The number of hydrogen-bond acceptors (Lipinski definition) is 9. The molecule has 2 aliphatic heterocycles. The Balaban J connectivity index is 1.32. The Bertz CT molecular complexity index is 1140. The third kappa shape index (κ3) is 3.92. The molecule has 3 N–H and O–H groups in total. The summed E-state index contributed by atoms with van der Waals surface area (Å²) in [5, 5.41) is 10.6. The number of aromatic nitrogens is 4. The molecule has 168 valence electrons. The average Bonchev–Trinajstić information content (AvgIpc) is 3.09. The van der Waals surface area contributed by atoms with Crippen molar-refractivity contribution in [3.63, 3.8) is 0 Å². The second-order valence-electron chi connectivity index (χ2n) is 8.44. The summed E-state index contributed by atoms with van der Waals surface area (Å²) in [6, 6.07) is 5.73. The van der Waals surface area contributed by atoms with Gasteiger partial charge >= 0.3 is 0 Å². The molecule has 8 nitrogen and oxygen atoms in total. The van der Waals surface area contributed by atoms with Crippen LogP contribution in [0.25, 0.3) is 11.2 Å². The predicted octanol–water partition coefficient (Wildman–Crippen LogP) is 3.05. The molecule has 2 atom stereocenters. The smallest absolute Gasteiger partial charge is 0.179 e. The van der Waals surface area contributed by atoms with Crippen molar-refractivity contribution in [1.82, 2.24) is 19.9 Å². The number of anilines is 1. The van der Waals surface area contributed by atoms with Gasteiger partial charge in [0, 0.05) is 35.6 Å². The van der Waals surface area contributed by atoms with Crippen LogP contribution in [0.15, 0.2) is 40.5 Å². The lowest BCUT2D eigenvalue weighted by Gasteiger charge is -2.41. The molecule has 0 aromatic carbocycles. The SMILES string of the molecule is C[C@@H]1OCC2(CCN(c3cnc4nc(Sc5ccnc(CO)c5Cl)ccc4n3)CC2)[C@@H]1N. The minimum Gasteiger partial charge on any atom is -0.390 e. The highest BCUT2D eigenvalue weighted by atomic mass is 35.5. The first-order valence-corrected chi connectivity index (χ1v) is 11.9. The van der Waals surface area contributed by atoms with Gasteiger partial charge in [0.1, 0.15) is 16.4 Å². The Morgan fingerprint density at radius 2 is 2.06 bits per heavy atom. The fourth-order valence-electron chi connectivity index (χ4n) is 4.51. The van der Waals surface area contributed by atoms with Gasteiger partial charge in [0.15, 0.2) is 5.65 Å². The lowest BCUT2D eigenvalue weighted by atomic mass is 9.73. The van der Waals surface area contributed by atoms with E-state index in [1.54, 1.807) is 18.5 Å². The van der Waals surface area contributed by atoms with Gasteiger partial charge in [0.25, 0.3) is 0 Å². The Morgan fingerprint density at radius 3 is 2.78 bits per heavy atom. The van der Waals surface area contributed by atoms with Gasteiger partial charge in [0.2, 0.25) is 0 Å². The van der Waals surface area contributed by atoms with E-state index in [2.05, 4.69) is 26.8 Å². The Hall–Kier alpha value is -2.04. The number of rotatable bonds is 4. The number of fused-ring (bicyclic) bond motifs is 1. The number of hydrogen-bond donors (Lipinski definition) is 2. The molecule has 0 amide bonds. The summed E-state index contributed by atoms with van der Waals surface area (Å²) in [6.07, 6.45) is 5.53. The van der Waals surface area contributed by atoms with Gasteiger partial charge in [-0.15, -0.1) is 0 Å². The molecule has 5 heterocycles. The highest BCUT2D eigenvalue weighted by Gasteiger charge is 2.47. The highest BCUT2D eigenvalue weighted by molar-refractivity contribution is 7.99. The van der Waals surface area contributed by atoms with Crippen LogP contribution in [0.2, 0.25) is 5.02 Å². The van der Waals surface area contributed by atoms with Crippen LogP contribution in [0.3, 0.4) is 0 Å². The molecular weight excluding hydrogens is 448 g/mol. The van der Waals surface area contributed by atoms with Crippen molar-refractivity contribution in [2.75, 3.05) is 24.6 Å². The number of nitrogens with zero attached hydrogens (tertiary/aromatic N) is 5. The first kappa shape index (κ1) is 21.8. The molecule has 0 saturated carbocycles. The molecule has 3 aromatic heterocycles. The molecule has 0 radical (unpaired) electrons. The van der Waals surface area contributed by atoms with E-state index in [-0.39, 0.29) is 24.2 Å². The van der Waals surface area contributed by atoms with E-state index in [4.69, 9.17) is 27.1 Å². The summed E-state index contributed by atoms with van der Waals surface area (Å²) in [4.78, 5) is 21.1. The van der Waals surface area contributed by atoms with Crippen LogP contribution in [0.4, 0.5) is 5.82 Å². The maximum absolute atomic E-state index is 9.36. The van der Waals surface area contributed by atoms with Crippen molar-refractivity contribution in [1.29, 1.82) is 0 Å². The predicted molar refractivity (Wildman–Crippen MR) is 124 cm³/mol. The van der Waals surface area contributed by atoms with Crippen LogP contribution in [-0.2, 0) is 11.3 Å². The molecule has 2 fully saturated rings. The quantitative estimate of drug-likeness (QED) is 0.591. The van der Waals surface area contributed by atoms with Gasteiger partial charge in [0.05, 0.1) is 36.2 Å². The van der Waals surface area contributed by atoms with Gasteiger partial charge in [-0.2, -0.15) is 0 Å². The van der Waals surface area contributed by atoms with Crippen LogP contribution in [0.1, 0.15) is 25.5 Å². The largest absolute Gasteiger partial charge is 0.390 e. The fourth-order valence-corrected chi connectivity index (χ4v) is 5.63. The van der Waals surface area contributed by atoms with E-state index >= 15 is 0 Å². The van der Waals surface area contributed by atoms with E-state index in [1.807, 2.05) is 12.1 Å². The molecule has 0 bridgehead atoms. The van der Waals surface area contributed by atoms with Crippen molar-refractivity contribution in [2.45, 2.75) is 48.4 Å². The van der Waals surface area contributed by atoms with Crippen LogP contribution < -0.4 is 10.6 Å². The van der Waals surface area contributed by atoms with Gasteiger partial charge < -0.3 is 20.5 Å². The molecule has 2 aliphatic rings. The second kappa shape index (κ2) is 8.72. The Morgan fingerprint density at radius 1 is 1.25 bits per heavy atom. The summed E-state index contributed by atoms with van der Waals surface area (Å²) in [5.41, 5.74) is 8.30. The van der Waals surface area contributed by atoms with E-state index in [1.165, 1.54) is 11.8 Å². The first-order chi connectivity index (χ1) is 15.5. The molecule has 0 aliphatic carbocycles. The third-order valence-corrected chi connectivity index (χ3v) is 8.12. The minimum absolute atomic E-state index is 0.0813. The van der Waals surface area contributed by atoms with Crippen molar-refractivity contribution in [3.05, 3.63) is 41.3 Å². The van der Waals surface area contributed by atoms with E-state index in [9.17, 15) is 5.11 Å². The Labute approximate surface area is 195 Å². The summed E-state index contributed by atoms with van der Waals surface area (Å²) < 4.78 is 5.83. The van der Waals surface area contributed by atoms with Crippen LogP contribution in [0.5, 0.6) is 0 Å². The van der Waals surface area contributed by atoms with Crippen LogP contribution in [-0.4, -0.2) is 56.9 Å². The zero-order chi connectivity index (χ0) is 22.3. The Kier molecular flexibility index (Phi) is 5.94. The maximum atomic E-state index is 9.36. The highest BCUT2D eigenvalue weighted by Crippen LogP contribution is 2.42. The van der Waals surface area contributed by atoms with Crippen molar-refractivity contribution in [2.24, 2.45) is 11.1 Å². The first-order valence-electron chi connectivity index (χ1n) is 10.7. The molecule has 1 spiro atoms. The van der Waals surface area contributed by atoms with Gasteiger partial charge in [-0.1, -0.05) is 23.4 Å². The maximum Gasteiger partial charge on any atom is 0.179 e. The van der Waals surface area contributed by atoms with Crippen molar-refractivity contribution < 1.29 is 9.84 Å². The minimum atomic E-state index is -0.206. The van der Waals surface area contributed by atoms with E-state index in [0.29, 0.717) is 16.4 Å². The molecule has 10 heteroatoms. The zero-order valence-corrected chi connectivity index (χ0v) is 19.3. The fraction of sp³-hybridized carbons (Fsp3) is 0.455. The second-order valence-corrected chi connectivity index (χ2v) is 9.88. The lowest BCUT2D eigenvalue weighted by molar-refractivity contribution is 0.0974. The number of piperidine rings is 1. The summed E-state index contributed by atoms with van der Waals surface area (Å²) >= 11 is 7.73. The molecule has 3 aromatic rings. The molecule has 0 unspecified atom stereocenters. The molecule has 5 rings (SSSR count). The number of ether oxygens (including phenoxy) is 1. The third-order valence-electron chi connectivity index (χ3n) is 6.59.